The van der Waals surface area contributed by atoms with Crippen LogP contribution in [0.3, 0.4) is 0 Å². The molecule has 0 amide bonds. The third-order valence-electron chi connectivity index (χ3n) is 11.4. The SMILES string of the molecule is CNC12C=C3C(=O)c4c(OP(=O)(O)O)c5c(c(CC=C(C)C)c4OC34C(C1)C(C)(C)OC4(C/C=C(/C)C(=O)OC)C2=O)OC(C)(CCC=C(C)C)C=C5. The fourth-order valence-corrected chi connectivity index (χ4v) is 9.27. The molecule has 7 rings (SSSR count). The third-order valence-corrected chi connectivity index (χ3v) is 11.8. The first-order chi connectivity index (χ1) is 24.6. The summed E-state index contributed by atoms with van der Waals surface area (Å²) in [6.07, 6.45) is 12.3. The topological polar surface area (TPSA) is 167 Å². The first kappa shape index (κ1) is 38.9. The first-order valence-electron chi connectivity index (χ1n) is 17.9. The number of hydrogen-bond donors (Lipinski definition) is 3. The molecule has 6 aliphatic rings. The second-order valence-corrected chi connectivity index (χ2v) is 17.2. The van der Waals surface area contributed by atoms with Gasteiger partial charge in [-0.15, -0.1) is 0 Å². The zero-order valence-electron chi connectivity index (χ0n) is 32.1. The maximum atomic E-state index is 15.3. The summed E-state index contributed by atoms with van der Waals surface area (Å²) in [5.74, 6) is -2.24. The molecule has 2 fully saturated rings. The Bertz CT molecular complexity index is 2010. The van der Waals surface area contributed by atoms with E-state index in [1.807, 2.05) is 60.6 Å². The summed E-state index contributed by atoms with van der Waals surface area (Å²) in [6.45, 7) is 15.1. The molecule has 1 aromatic rings. The zero-order valence-corrected chi connectivity index (χ0v) is 33.0. The van der Waals surface area contributed by atoms with Gasteiger partial charge < -0.3 is 28.8 Å². The summed E-state index contributed by atoms with van der Waals surface area (Å²) in [5.41, 5.74) is -3.74. The smallest absolute Gasteiger partial charge is 0.482 e. The summed E-state index contributed by atoms with van der Waals surface area (Å²) in [5, 5.41) is 3.17. The average molecular weight is 752 g/mol. The van der Waals surface area contributed by atoms with Crippen molar-refractivity contribution in [3.05, 3.63) is 69.4 Å². The quantitative estimate of drug-likeness (QED) is 0.0983. The standard InChI is InChI=1S/C40H50NO11P/c1-22(2)12-11-17-37(8)18-16-26-31(49-37)25(14-13-23(3)4)32-29(33(26)51-53(45,46)47)30(42)27-20-38(41-9)21-28-36(6,7)52-39(35(38)44,40(27,28)50-32)19-15-24(5)34(43)48-10/h12-13,15-16,18,20,28,41H,11,14,17,19,21H2,1-10H3,(H2,45,46,47)/b24-15-. The first-order valence-corrected chi connectivity index (χ1v) is 19.4. The van der Waals surface area contributed by atoms with Gasteiger partial charge >= 0.3 is 13.8 Å². The van der Waals surface area contributed by atoms with E-state index in [4.69, 9.17) is 23.5 Å². The van der Waals surface area contributed by atoms with Crippen LogP contribution >= 0.6 is 7.82 Å². The predicted molar refractivity (Wildman–Crippen MR) is 198 cm³/mol. The van der Waals surface area contributed by atoms with Crippen molar-refractivity contribution >= 4 is 31.4 Å². The molecule has 3 N–H and O–H groups in total. The van der Waals surface area contributed by atoms with E-state index in [1.165, 1.54) is 7.11 Å². The van der Waals surface area contributed by atoms with Gasteiger partial charge in [-0.05, 0) is 106 Å². The fraction of sp³-hybridized carbons (Fsp3) is 0.525. The van der Waals surface area contributed by atoms with Crippen LogP contribution in [0, 0.1) is 5.92 Å². The minimum Gasteiger partial charge on any atom is -0.482 e. The Hall–Kier alpha value is -3.80. The van der Waals surface area contributed by atoms with E-state index in [1.54, 1.807) is 32.2 Å². The number of carbonyl (C=O) groups excluding carboxylic acids is 3. The predicted octanol–water partition coefficient (Wildman–Crippen LogP) is 6.44. The van der Waals surface area contributed by atoms with Crippen LogP contribution in [0.5, 0.6) is 17.2 Å². The number of allylic oxidation sites excluding steroid dienone is 4. The van der Waals surface area contributed by atoms with Crippen LogP contribution in [0.2, 0.25) is 0 Å². The molecule has 12 nitrogen and oxygen atoms in total. The average Bonchev–Trinajstić information content (AvgIpc) is 3.22. The number of phosphoric acid groups is 1. The number of phosphoric ester groups is 1. The number of fused-ring (bicyclic) bond motifs is 2. The molecule has 286 valence electrons. The van der Waals surface area contributed by atoms with Crippen LogP contribution in [-0.4, -0.2) is 69.4 Å². The number of nitrogens with one attached hydrogen (secondary N) is 1. The van der Waals surface area contributed by atoms with Crippen molar-refractivity contribution < 1.29 is 52.2 Å². The highest BCUT2D eigenvalue weighted by atomic mass is 31.2. The largest absolute Gasteiger partial charge is 0.524 e. The van der Waals surface area contributed by atoms with E-state index in [2.05, 4.69) is 11.4 Å². The van der Waals surface area contributed by atoms with Crippen molar-refractivity contribution in [2.75, 3.05) is 14.2 Å². The van der Waals surface area contributed by atoms with Crippen molar-refractivity contribution in [1.29, 1.82) is 0 Å². The minimum absolute atomic E-state index is 0.00444. The lowest BCUT2D eigenvalue weighted by molar-refractivity contribution is -0.174. The molecule has 0 radical (unpaired) electrons. The number of esters is 1. The van der Waals surface area contributed by atoms with Crippen LogP contribution in [0.4, 0.5) is 0 Å². The van der Waals surface area contributed by atoms with Gasteiger partial charge in [0.25, 0.3) is 0 Å². The highest BCUT2D eigenvalue weighted by molar-refractivity contribution is 7.46. The van der Waals surface area contributed by atoms with Gasteiger partial charge in [0.05, 0.1) is 18.3 Å². The van der Waals surface area contributed by atoms with E-state index in [9.17, 15) is 19.1 Å². The Morgan fingerprint density at radius 3 is 2.32 bits per heavy atom. The zero-order chi connectivity index (χ0) is 39.1. The second kappa shape index (κ2) is 12.9. The molecule has 1 aromatic carbocycles. The Balaban J connectivity index is 1.69. The van der Waals surface area contributed by atoms with Crippen molar-refractivity contribution in [3.63, 3.8) is 0 Å². The molecular weight excluding hydrogens is 701 g/mol. The molecule has 3 heterocycles. The van der Waals surface area contributed by atoms with Crippen molar-refractivity contribution in [3.8, 4) is 17.2 Å². The minimum atomic E-state index is -5.25. The van der Waals surface area contributed by atoms with Crippen LogP contribution in [0.1, 0.15) is 103 Å². The molecule has 3 aliphatic heterocycles. The molecule has 5 atom stereocenters. The third kappa shape index (κ3) is 5.98. The summed E-state index contributed by atoms with van der Waals surface area (Å²) in [6, 6.07) is 0. The Kier molecular flexibility index (Phi) is 9.48. The molecule has 4 bridgehead atoms. The van der Waals surface area contributed by atoms with Crippen molar-refractivity contribution in [2.24, 2.45) is 5.92 Å². The Morgan fingerprint density at radius 1 is 1.04 bits per heavy atom. The summed E-state index contributed by atoms with van der Waals surface area (Å²) in [7, 11) is -2.35. The van der Waals surface area contributed by atoms with Gasteiger partial charge in [0.1, 0.15) is 28.2 Å². The van der Waals surface area contributed by atoms with E-state index >= 15 is 9.59 Å². The molecule has 1 saturated carbocycles. The molecule has 53 heavy (non-hydrogen) atoms. The van der Waals surface area contributed by atoms with Gasteiger partial charge in [0.2, 0.25) is 0 Å². The summed E-state index contributed by atoms with van der Waals surface area (Å²) in [4.78, 5) is 63.4. The number of hydrogen-bond acceptors (Lipinski definition) is 10. The van der Waals surface area contributed by atoms with Crippen molar-refractivity contribution in [1.82, 2.24) is 5.32 Å². The summed E-state index contributed by atoms with van der Waals surface area (Å²) < 4.78 is 43.9. The number of Topliss-reactive ketones (excluding diaryl/α,β-unsaturated/α-hetero) is 2. The van der Waals surface area contributed by atoms with Crippen LogP contribution < -0.4 is 19.3 Å². The Morgan fingerprint density at radius 2 is 1.72 bits per heavy atom. The van der Waals surface area contributed by atoms with E-state index in [0.717, 1.165) is 11.1 Å². The Labute approximate surface area is 310 Å². The number of rotatable bonds is 11. The van der Waals surface area contributed by atoms with Crippen LogP contribution in [0.15, 0.2) is 52.7 Å². The highest BCUT2D eigenvalue weighted by Crippen LogP contribution is 2.69. The second-order valence-electron chi connectivity index (χ2n) is 16.0. The van der Waals surface area contributed by atoms with Gasteiger partial charge in [0.15, 0.2) is 28.5 Å². The lowest BCUT2D eigenvalue weighted by atomic mass is 9.48. The van der Waals surface area contributed by atoms with E-state index in [-0.39, 0.29) is 64.6 Å². The monoisotopic (exact) mass is 751 g/mol. The van der Waals surface area contributed by atoms with Crippen molar-refractivity contribution in [2.45, 2.75) is 115 Å². The lowest BCUT2D eigenvalue weighted by Crippen LogP contribution is -2.79. The number of likely N-dealkylation sites (N-methyl/N-ethyl adjacent to an activating group) is 1. The van der Waals surface area contributed by atoms with Crippen LogP contribution in [-0.2, 0) is 30.0 Å². The highest BCUT2D eigenvalue weighted by Gasteiger charge is 2.84. The lowest BCUT2D eigenvalue weighted by Gasteiger charge is -2.59. The molecule has 13 heteroatoms. The molecule has 5 unspecified atom stereocenters. The molecule has 1 saturated heterocycles. The van der Waals surface area contributed by atoms with Gasteiger partial charge in [-0.25, -0.2) is 9.36 Å². The van der Waals surface area contributed by atoms with Gasteiger partial charge in [0, 0.05) is 29.0 Å². The number of carbonyl (C=O) groups is 3. The molecule has 0 aromatic heterocycles. The van der Waals surface area contributed by atoms with Crippen LogP contribution in [0.25, 0.3) is 6.08 Å². The molecule has 1 spiro atoms. The number of ketones is 2. The summed E-state index contributed by atoms with van der Waals surface area (Å²) >= 11 is 0. The number of ether oxygens (including phenoxy) is 4. The maximum Gasteiger partial charge on any atom is 0.524 e. The number of benzene rings is 1. The molecule has 3 aliphatic carbocycles. The van der Waals surface area contributed by atoms with E-state index < -0.39 is 53.4 Å². The number of methoxy groups -OCH3 is 1. The van der Waals surface area contributed by atoms with Gasteiger partial charge in [-0.3, -0.25) is 19.4 Å². The van der Waals surface area contributed by atoms with Gasteiger partial charge in [-0.1, -0.05) is 29.4 Å². The maximum absolute atomic E-state index is 15.3. The normalized spacial score (nSPS) is 30.3. The van der Waals surface area contributed by atoms with Gasteiger partial charge in [-0.2, -0.15) is 0 Å². The molecular formula is C40H50NO11P. The fourth-order valence-electron chi connectivity index (χ4n) is 8.84. The van der Waals surface area contributed by atoms with E-state index in [0.29, 0.717) is 18.4 Å².